The van der Waals surface area contributed by atoms with Gasteiger partial charge in [0.25, 0.3) is 0 Å². The highest BCUT2D eigenvalue weighted by Gasteiger charge is 2.24. The molecular formula is C14H17N5. The molecule has 19 heavy (non-hydrogen) atoms. The van der Waals surface area contributed by atoms with Gasteiger partial charge in [0.15, 0.2) is 5.65 Å². The Morgan fingerprint density at radius 2 is 2.32 bits per heavy atom. The van der Waals surface area contributed by atoms with E-state index in [4.69, 9.17) is 0 Å². The standard InChI is InChI=1S/C14H17N5/c1-9-2-4-15-7-11(9)19-5-3-10-6-16-14-12(13(10)19)17-8-18-14/h3,5-6,8-9,11,15H,2,4,7H2,1H3,(H,16,17,18)/t9-,11+/m1/s1. The van der Waals surface area contributed by atoms with E-state index >= 15 is 0 Å². The van der Waals surface area contributed by atoms with Crippen molar-refractivity contribution in [2.45, 2.75) is 19.4 Å². The predicted molar refractivity (Wildman–Crippen MR) is 75.1 cm³/mol. The van der Waals surface area contributed by atoms with Crippen molar-refractivity contribution >= 4 is 22.1 Å². The number of rotatable bonds is 1. The third-order valence-corrected chi connectivity index (χ3v) is 4.27. The molecule has 5 heteroatoms. The molecule has 1 fully saturated rings. The molecule has 5 nitrogen and oxygen atoms in total. The maximum Gasteiger partial charge on any atom is 0.179 e. The van der Waals surface area contributed by atoms with Gasteiger partial charge >= 0.3 is 0 Å². The Kier molecular flexibility index (Phi) is 2.35. The Labute approximate surface area is 111 Å². The number of piperidine rings is 1. The van der Waals surface area contributed by atoms with E-state index in [0.29, 0.717) is 12.0 Å². The van der Waals surface area contributed by atoms with Crippen LogP contribution in [-0.2, 0) is 0 Å². The molecule has 3 aromatic rings. The molecule has 4 heterocycles. The molecular weight excluding hydrogens is 238 g/mol. The molecule has 0 aromatic carbocycles. The minimum atomic E-state index is 0.500. The van der Waals surface area contributed by atoms with Gasteiger partial charge in [0.2, 0.25) is 0 Å². The van der Waals surface area contributed by atoms with Gasteiger partial charge in [-0.25, -0.2) is 9.97 Å². The van der Waals surface area contributed by atoms with Gasteiger partial charge < -0.3 is 14.9 Å². The minimum absolute atomic E-state index is 0.500. The largest absolute Gasteiger partial charge is 0.341 e. The summed E-state index contributed by atoms with van der Waals surface area (Å²) < 4.78 is 2.38. The van der Waals surface area contributed by atoms with Gasteiger partial charge in [-0.2, -0.15) is 0 Å². The highest BCUT2D eigenvalue weighted by atomic mass is 15.1. The molecule has 0 saturated carbocycles. The van der Waals surface area contributed by atoms with E-state index in [0.717, 1.165) is 24.3 Å². The summed E-state index contributed by atoms with van der Waals surface area (Å²) in [6, 6.07) is 2.64. The lowest BCUT2D eigenvalue weighted by Gasteiger charge is -2.31. The summed E-state index contributed by atoms with van der Waals surface area (Å²) in [5.41, 5.74) is 3.06. The van der Waals surface area contributed by atoms with E-state index in [2.05, 4.69) is 44.0 Å². The average molecular weight is 255 g/mol. The molecule has 4 rings (SSSR count). The van der Waals surface area contributed by atoms with Crippen molar-refractivity contribution in [2.24, 2.45) is 5.92 Å². The lowest BCUT2D eigenvalue weighted by atomic mass is 9.94. The Bertz CT molecular complexity index is 726. The summed E-state index contributed by atoms with van der Waals surface area (Å²) >= 11 is 0. The highest BCUT2D eigenvalue weighted by molar-refractivity contribution is 6.00. The molecule has 0 aliphatic carbocycles. The number of aromatic amines is 1. The van der Waals surface area contributed by atoms with E-state index < -0.39 is 0 Å². The molecule has 1 aliphatic rings. The van der Waals surface area contributed by atoms with Crippen molar-refractivity contribution in [1.82, 2.24) is 24.8 Å². The van der Waals surface area contributed by atoms with Crippen molar-refractivity contribution in [3.05, 3.63) is 24.8 Å². The summed E-state index contributed by atoms with van der Waals surface area (Å²) in [4.78, 5) is 11.9. The zero-order chi connectivity index (χ0) is 12.8. The SMILES string of the molecule is C[C@@H]1CCNC[C@@H]1n1ccc2cnc3nc[nH]c3c21. The van der Waals surface area contributed by atoms with E-state index in [-0.39, 0.29) is 0 Å². The van der Waals surface area contributed by atoms with Crippen LogP contribution in [0.5, 0.6) is 0 Å². The van der Waals surface area contributed by atoms with Crippen LogP contribution >= 0.6 is 0 Å². The zero-order valence-electron chi connectivity index (χ0n) is 10.9. The maximum atomic E-state index is 4.38. The Balaban J connectivity index is 1.96. The fourth-order valence-electron chi connectivity index (χ4n) is 3.15. The summed E-state index contributed by atoms with van der Waals surface area (Å²) in [5.74, 6) is 0.683. The number of nitrogens with zero attached hydrogens (tertiary/aromatic N) is 3. The summed E-state index contributed by atoms with van der Waals surface area (Å²) in [7, 11) is 0. The van der Waals surface area contributed by atoms with Gasteiger partial charge in [-0.1, -0.05) is 6.92 Å². The first-order valence-electron chi connectivity index (χ1n) is 6.84. The van der Waals surface area contributed by atoms with E-state index in [1.165, 1.54) is 17.3 Å². The number of H-pyrrole nitrogens is 1. The molecule has 2 N–H and O–H groups in total. The lowest BCUT2D eigenvalue weighted by Crippen LogP contribution is -2.36. The summed E-state index contributed by atoms with van der Waals surface area (Å²) in [6.07, 6.45) is 7.04. The van der Waals surface area contributed by atoms with E-state index in [1.54, 1.807) is 6.33 Å². The summed E-state index contributed by atoms with van der Waals surface area (Å²) in [5, 5.41) is 4.67. The number of pyridine rings is 1. The van der Waals surface area contributed by atoms with E-state index in [1.807, 2.05) is 6.20 Å². The van der Waals surface area contributed by atoms with Gasteiger partial charge in [-0.15, -0.1) is 0 Å². The van der Waals surface area contributed by atoms with Crippen LogP contribution in [0.3, 0.4) is 0 Å². The second kappa shape index (κ2) is 4.06. The first kappa shape index (κ1) is 11.0. The molecule has 3 aromatic heterocycles. The van der Waals surface area contributed by atoms with Crippen LogP contribution in [0.2, 0.25) is 0 Å². The van der Waals surface area contributed by atoms with Crippen molar-refractivity contribution in [1.29, 1.82) is 0 Å². The number of nitrogens with one attached hydrogen (secondary N) is 2. The van der Waals surface area contributed by atoms with Crippen LogP contribution in [0.1, 0.15) is 19.4 Å². The molecule has 0 amide bonds. The number of hydrogen-bond acceptors (Lipinski definition) is 3. The maximum absolute atomic E-state index is 4.38. The van der Waals surface area contributed by atoms with Crippen LogP contribution in [-0.4, -0.2) is 32.6 Å². The second-order valence-electron chi connectivity index (χ2n) is 5.42. The fraction of sp³-hybridized carbons (Fsp3) is 0.429. The average Bonchev–Trinajstić information content (AvgIpc) is 3.04. The Hall–Kier alpha value is -1.88. The topological polar surface area (TPSA) is 58.5 Å². The summed E-state index contributed by atoms with van der Waals surface area (Å²) in [6.45, 7) is 4.49. The predicted octanol–water partition coefficient (Wildman–Crippen LogP) is 2.08. The van der Waals surface area contributed by atoms with Crippen molar-refractivity contribution < 1.29 is 0 Å². The third kappa shape index (κ3) is 1.58. The highest BCUT2D eigenvalue weighted by Crippen LogP contribution is 2.30. The molecule has 0 radical (unpaired) electrons. The first-order chi connectivity index (χ1) is 9.34. The third-order valence-electron chi connectivity index (χ3n) is 4.27. The van der Waals surface area contributed by atoms with Crippen LogP contribution < -0.4 is 5.32 Å². The van der Waals surface area contributed by atoms with Gasteiger partial charge in [0, 0.05) is 30.4 Å². The second-order valence-corrected chi connectivity index (χ2v) is 5.42. The zero-order valence-corrected chi connectivity index (χ0v) is 10.9. The molecule has 2 atom stereocenters. The lowest BCUT2D eigenvalue weighted by molar-refractivity contribution is 0.280. The molecule has 1 aliphatic heterocycles. The Morgan fingerprint density at radius 3 is 3.21 bits per heavy atom. The molecule has 0 unspecified atom stereocenters. The van der Waals surface area contributed by atoms with Crippen LogP contribution in [0.4, 0.5) is 0 Å². The van der Waals surface area contributed by atoms with Gasteiger partial charge in [0.05, 0.1) is 11.8 Å². The van der Waals surface area contributed by atoms with Crippen molar-refractivity contribution in [3.63, 3.8) is 0 Å². The monoisotopic (exact) mass is 255 g/mol. The fourth-order valence-corrected chi connectivity index (χ4v) is 3.15. The number of aromatic nitrogens is 4. The van der Waals surface area contributed by atoms with Crippen LogP contribution in [0.15, 0.2) is 24.8 Å². The minimum Gasteiger partial charge on any atom is -0.341 e. The van der Waals surface area contributed by atoms with Crippen molar-refractivity contribution in [2.75, 3.05) is 13.1 Å². The van der Waals surface area contributed by atoms with Gasteiger partial charge in [-0.05, 0) is 24.9 Å². The van der Waals surface area contributed by atoms with Crippen LogP contribution in [0, 0.1) is 5.92 Å². The van der Waals surface area contributed by atoms with E-state index in [9.17, 15) is 0 Å². The quantitative estimate of drug-likeness (QED) is 0.700. The number of hydrogen-bond donors (Lipinski definition) is 2. The first-order valence-corrected chi connectivity index (χ1v) is 6.84. The molecule has 0 bridgehead atoms. The normalized spacial score (nSPS) is 24.3. The van der Waals surface area contributed by atoms with Crippen molar-refractivity contribution in [3.8, 4) is 0 Å². The molecule has 0 spiro atoms. The molecule has 1 saturated heterocycles. The van der Waals surface area contributed by atoms with Crippen LogP contribution in [0.25, 0.3) is 22.1 Å². The van der Waals surface area contributed by atoms with Gasteiger partial charge in [0.1, 0.15) is 5.52 Å². The number of imidazole rings is 1. The van der Waals surface area contributed by atoms with Gasteiger partial charge in [-0.3, -0.25) is 0 Å². The smallest absolute Gasteiger partial charge is 0.179 e. The Morgan fingerprint density at radius 1 is 1.37 bits per heavy atom. The number of fused-ring (bicyclic) bond motifs is 3. The molecule has 98 valence electrons.